The minimum Gasteiger partial charge on any atom is -0.309 e. The number of imidazole rings is 1. The Morgan fingerprint density at radius 3 is 2.56 bits per heavy atom. The van der Waals surface area contributed by atoms with Crippen molar-refractivity contribution in [3.8, 4) is 0 Å². The van der Waals surface area contributed by atoms with Crippen LogP contribution in [0.4, 0.5) is 0 Å². The fourth-order valence-corrected chi connectivity index (χ4v) is 4.10. The Morgan fingerprint density at radius 2 is 1.81 bits per heavy atom. The summed E-state index contributed by atoms with van der Waals surface area (Å²) in [5.41, 5.74) is 1.16. The molecule has 0 saturated carbocycles. The SMILES string of the molecule is CCCCCCCSc1nc2c(c(=O)[nH]c(=O)n2C)n1Cc1ccccc1. The van der Waals surface area contributed by atoms with E-state index in [0.717, 1.165) is 22.9 Å². The molecule has 0 radical (unpaired) electrons. The normalized spacial score (nSPS) is 11.3. The second-order valence-electron chi connectivity index (χ2n) is 6.72. The van der Waals surface area contributed by atoms with Gasteiger partial charge in [0.15, 0.2) is 16.3 Å². The quantitative estimate of drug-likeness (QED) is 0.451. The summed E-state index contributed by atoms with van der Waals surface area (Å²) in [7, 11) is 1.64. The van der Waals surface area contributed by atoms with Crippen LogP contribution in [0, 0.1) is 0 Å². The predicted molar refractivity (Wildman–Crippen MR) is 111 cm³/mol. The van der Waals surface area contributed by atoms with E-state index < -0.39 is 5.69 Å². The molecule has 0 spiro atoms. The van der Waals surface area contributed by atoms with Crippen molar-refractivity contribution < 1.29 is 0 Å². The van der Waals surface area contributed by atoms with Crippen LogP contribution in [0.25, 0.3) is 11.2 Å². The van der Waals surface area contributed by atoms with E-state index in [4.69, 9.17) is 0 Å². The van der Waals surface area contributed by atoms with Gasteiger partial charge in [0.2, 0.25) is 0 Å². The van der Waals surface area contributed by atoms with Crippen molar-refractivity contribution in [3.05, 3.63) is 56.7 Å². The molecular weight excluding hydrogens is 360 g/mol. The predicted octanol–water partition coefficient (Wildman–Crippen LogP) is 3.53. The van der Waals surface area contributed by atoms with Crippen LogP contribution in [0.3, 0.4) is 0 Å². The maximum absolute atomic E-state index is 12.5. The minimum atomic E-state index is -0.437. The molecule has 0 unspecified atom stereocenters. The maximum Gasteiger partial charge on any atom is 0.329 e. The maximum atomic E-state index is 12.5. The number of fused-ring (bicyclic) bond motifs is 1. The zero-order valence-electron chi connectivity index (χ0n) is 15.9. The lowest BCUT2D eigenvalue weighted by molar-refractivity contribution is 0.658. The standard InChI is InChI=1S/C20H26N4O2S/c1-3-4-5-6-10-13-27-20-21-17-16(18(25)22-19(26)23(17)2)24(20)14-15-11-8-7-9-12-15/h7-9,11-12H,3-6,10,13-14H2,1-2H3,(H,22,25,26). The first-order chi connectivity index (χ1) is 13.1. The first kappa shape index (κ1) is 19.5. The monoisotopic (exact) mass is 386 g/mol. The van der Waals surface area contributed by atoms with Crippen LogP contribution < -0.4 is 11.2 Å². The zero-order chi connectivity index (χ0) is 19.2. The smallest absolute Gasteiger partial charge is 0.309 e. The van der Waals surface area contributed by atoms with Gasteiger partial charge < -0.3 is 4.57 Å². The van der Waals surface area contributed by atoms with Gasteiger partial charge in [0.05, 0.1) is 6.54 Å². The van der Waals surface area contributed by atoms with E-state index in [1.54, 1.807) is 18.8 Å². The summed E-state index contributed by atoms with van der Waals surface area (Å²) in [6.07, 6.45) is 6.09. The molecule has 0 aliphatic carbocycles. The summed E-state index contributed by atoms with van der Waals surface area (Å²) in [6, 6.07) is 9.99. The van der Waals surface area contributed by atoms with Crippen molar-refractivity contribution in [3.63, 3.8) is 0 Å². The lowest BCUT2D eigenvalue weighted by Crippen LogP contribution is -2.29. The highest BCUT2D eigenvalue weighted by atomic mass is 32.2. The Balaban J connectivity index is 1.92. The summed E-state index contributed by atoms with van der Waals surface area (Å²) < 4.78 is 3.34. The molecule has 1 aromatic carbocycles. The van der Waals surface area contributed by atoms with E-state index in [2.05, 4.69) is 16.9 Å². The number of hydrogen-bond donors (Lipinski definition) is 1. The van der Waals surface area contributed by atoms with Crippen molar-refractivity contribution in [2.75, 3.05) is 5.75 Å². The van der Waals surface area contributed by atoms with E-state index in [1.165, 1.54) is 30.3 Å². The molecule has 0 atom stereocenters. The molecule has 0 aliphatic heterocycles. The molecule has 2 heterocycles. The van der Waals surface area contributed by atoms with Crippen LogP contribution in [0.5, 0.6) is 0 Å². The molecule has 144 valence electrons. The van der Waals surface area contributed by atoms with E-state index in [0.29, 0.717) is 17.7 Å². The molecule has 3 rings (SSSR count). The minimum absolute atomic E-state index is 0.383. The number of H-pyrrole nitrogens is 1. The van der Waals surface area contributed by atoms with E-state index in [1.807, 2.05) is 34.9 Å². The number of aromatic nitrogens is 4. The topological polar surface area (TPSA) is 72.7 Å². The molecule has 0 fully saturated rings. The Hall–Kier alpha value is -2.28. The summed E-state index contributed by atoms with van der Waals surface area (Å²) >= 11 is 1.66. The fraction of sp³-hybridized carbons (Fsp3) is 0.450. The number of unbranched alkanes of at least 4 members (excludes halogenated alkanes) is 4. The van der Waals surface area contributed by atoms with Gasteiger partial charge >= 0.3 is 5.69 Å². The van der Waals surface area contributed by atoms with Crippen molar-refractivity contribution >= 4 is 22.9 Å². The summed E-state index contributed by atoms with van der Waals surface area (Å²) in [4.78, 5) is 31.5. The van der Waals surface area contributed by atoms with Gasteiger partial charge in [-0.15, -0.1) is 0 Å². The lowest BCUT2D eigenvalue weighted by atomic mass is 10.2. The molecule has 0 saturated heterocycles. The van der Waals surface area contributed by atoms with Gasteiger partial charge in [0.25, 0.3) is 5.56 Å². The van der Waals surface area contributed by atoms with Crippen LogP contribution in [0.15, 0.2) is 45.1 Å². The largest absolute Gasteiger partial charge is 0.329 e. The first-order valence-electron chi connectivity index (χ1n) is 9.48. The molecule has 7 heteroatoms. The zero-order valence-corrected chi connectivity index (χ0v) is 16.7. The van der Waals surface area contributed by atoms with Crippen molar-refractivity contribution in [1.29, 1.82) is 0 Å². The lowest BCUT2D eigenvalue weighted by Gasteiger charge is -2.08. The molecule has 6 nitrogen and oxygen atoms in total. The number of nitrogens with one attached hydrogen (secondary N) is 1. The average molecular weight is 387 g/mol. The number of thioether (sulfide) groups is 1. The van der Waals surface area contributed by atoms with Crippen LogP contribution in [-0.4, -0.2) is 24.9 Å². The third-order valence-electron chi connectivity index (χ3n) is 4.63. The second kappa shape index (κ2) is 9.08. The molecule has 27 heavy (non-hydrogen) atoms. The Kier molecular flexibility index (Phi) is 6.55. The molecule has 0 amide bonds. The van der Waals surface area contributed by atoms with Gasteiger partial charge in [-0.1, -0.05) is 74.7 Å². The number of aryl methyl sites for hydroxylation is 1. The Morgan fingerprint density at radius 1 is 1.07 bits per heavy atom. The molecule has 0 aliphatic rings. The molecular formula is C20H26N4O2S. The number of aromatic amines is 1. The highest BCUT2D eigenvalue weighted by Gasteiger charge is 2.17. The van der Waals surface area contributed by atoms with Gasteiger partial charge in [-0.3, -0.25) is 14.3 Å². The van der Waals surface area contributed by atoms with Crippen LogP contribution in [0.1, 0.15) is 44.6 Å². The highest BCUT2D eigenvalue weighted by molar-refractivity contribution is 7.99. The van der Waals surface area contributed by atoms with Crippen LogP contribution in [-0.2, 0) is 13.6 Å². The average Bonchev–Trinajstić information content (AvgIpc) is 3.02. The summed E-state index contributed by atoms with van der Waals surface area (Å²) in [5.74, 6) is 0.952. The Labute approximate surface area is 162 Å². The number of nitrogens with zero attached hydrogens (tertiary/aromatic N) is 3. The summed E-state index contributed by atoms with van der Waals surface area (Å²) in [5, 5.41) is 0.788. The van der Waals surface area contributed by atoms with Crippen LogP contribution >= 0.6 is 11.8 Å². The fourth-order valence-electron chi connectivity index (χ4n) is 3.11. The van der Waals surface area contributed by atoms with E-state index in [9.17, 15) is 9.59 Å². The van der Waals surface area contributed by atoms with Crippen molar-refractivity contribution in [2.45, 2.75) is 50.7 Å². The third-order valence-corrected chi connectivity index (χ3v) is 5.70. The summed E-state index contributed by atoms with van der Waals surface area (Å²) in [6.45, 7) is 2.76. The number of rotatable bonds is 9. The van der Waals surface area contributed by atoms with Gasteiger partial charge in [-0.05, 0) is 12.0 Å². The van der Waals surface area contributed by atoms with Gasteiger partial charge in [-0.25, -0.2) is 9.78 Å². The van der Waals surface area contributed by atoms with E-state index >= 15 is 0 Å². The molecule has 3 aromatic rings. The van der Waals surface area contributed by atoms with Crippen LogP contribution in [0.2, 0.25) is 0 Å². The third kappa shape index (κ3) is 4.53. The van der Waals surface area contributed by atoms with Gasteiger partial charge in [0.1, 0.15) is 0 Å². The first-order valence-corrected chi connectivity index (χ1v) is 10.5. The van der Waals surface area contributed by atoms with Crippen molar-refractivity contribution in [1.82, 2.24) is 19.1 Å². The molecule has 0 bridgehead atoms. The van der Waals surface area contributed by atoms with E-state index in [-0.39, 0.29) is 5.56 Å². The highest BCUT2D eigenvalue weighted by Crippen LogP contribution is 2.24. The Bertz CT molecular complexity index is 1000. The molecule has 1 N–H and O–H groups in total. The number of benzene rings is 1. The van der Waals surface area contributed by atoms with Crippen molar-refractivity contribution in [2.24, 2.45) is 7.05 Å². The second-order valence-corrected chi connectivity index (χ2v) is 7.78. The molecule has 2 aromatic heterocycles. The van der Waals surface area contributed by atoms with Gasteiger partial charge in [-0.2, -0.15) is 0 Å². The van der Waals surface area contributed by atoms with Gasteiger partial charge in [0, 0.05) is 12.8 Å². The number of hydrogen-bond acceptors (Lipinski definition) is 4.